The van der Waals surface area contributed by atoms with E-state index in [1.807, 2.05) is 6.07 Å². The molecule has 1 aromatic rings. The Morgan fingerprint density at radius 2 is 2.20 bits per heavy atom. The van der Waals surface area contributed by atoms with Crippen LogP contribution < -0.4 is 0 Å². The van der Waals surface area contributed by atoms with Crippen LogP contribution in [-0.2, 0) is 20.7 Å². The molecule has 1 N–H and O–H groups in total. The van der Waals surface area contributed by atoms with Crippen LogP contribution in [-0.4, -0.2) is 23.5 Å². The van der Waals surface area contributed by atoms with Crippen LogP contribution in [0.2, 0.25) is 0 Å². The molecule has 4 heteroatoms. The minimum Gasteiger partial charge on any atom is -0.508 e. The lowest BCUT2D eigenvalue weighted by Crippen LogP contribution is -2.44. The van der Waals surface area contributed by atoms with Crippen molar-refractivity contribution in [2.45, 2.75) is 39.0 Å². The van der Waals surface area contributed by atoms with Gasteiger partial charge in [0.25, 0.3) is 0 Å². The third-order valence-corrected chi connectivity index (χ3v) is 3.87. The molecule has 1 aliphatic carbocycles. The van der Waals surface area contributed by atoms with Gasteiger partial charge in [0.1, 0.15) is 11.2 Å². The zero-order chi connectivity index (χ0) is 14.6. The number of hydrogen-bond acceptors (Lipinski definition) is 4. The topological polar surface area (TPSA) is 63.6 Å². The Bertz CT molecular complexity index is 509. The van der Waals surface area contributed by atoms with E-state index in [0.29, 0.717) is 19.3 Å². The zero-order valence-corrected chi connectivity index (χ0v) is 11.7. The molecular formula is C16H20O4. The number of aromatic hydroxyl groups is 1. The molecule has 1 unspecified atom stereocenters. The average molecular weight is 276 g/mol. The van der Waals surface area contributed by atoms with E-state index in [1.54, 1.807) is 25.1 Å². The van der Waals surface area contributed by atoms with Crippen LogP contribution in [0, 0.1) is 5.41 Å². The summed E-state index contributed by atoms with van der Waals surface area (Å²) >= 11 is 0. The first kappa shape index (κ1) is 14.6. The maximum Gasteiger partial charge on any atom is 0.319 e. The number of phenols is 1. The number of ketones is 1. The summed E-state index contributed by atoms with van der Waals surface area (Å²) in [6.45, 7) is 2.02. The highest BCUT2D eigenvalue weighted by molar-refractivity contribution is 6.04. The van der Waals surface area contributed by atoms with Crippen molar-refractivity contribution < 1.29 is 19.4 Å². The quantitative estimate of drug-likeness (QED) is 0.678. The van der Waals surface area contributed by atoms with E-state index in [-0.39, 0.29) is 18.1 Å². The monoisotopic (exact) mass is 276 g/mol. The Morgan fingerprint density at radius 3 is 2.85 bits per heavy atom. The van der Waals surface area contributed by atoms with Crippen molar-refractivity contribution in [1.82, 2.24) is 0 Å². The van der Waals surface area contributed by atoms with Gasteiger partial charge in [-0.3, -0.25) is 9.59 Å². The summed E-state index contributed by atoms with van der Waals surface area (Å²) in [5.74, 6) is -0.316. The number of esters is 1. The number of carbonyl (C=O) groups is 2. The molecule has 1 aromatic carbocycles. The third-order valence-electron chi connectivity index (χ3n) is 3.87. The van der Waals surface area contributed by atoms with Crippen molar-refractivity contribution in [2.24, 2.45) is 5.41 Å². The summed E-state index contributed by atoms with van der Waals surface area (Å²) in [6, 6.07) is 6.71. The van der Waals surface area contributed by atoms with Crippen LogP contribution >= 0.6 is 0 Å². The summed E-state index contributed by atoms with van der Waals surface area (Å²) in [5, 5.41) is 9.53. The van der Waals surface area contributed by atoms with Gasteiger partial charge in [0.05, 0.1) is 6.61 Å². The summed E-state index contributed by atoms with van der Waals surface area (Å²) in [6.07, 6.45) is 2.94. The molecule has 20 heavy (non-hydrogen) atoms. The van der Waals surface area contributed by atoms with Crippen LogP contribution in [0.5, 0.6) is 5.75 Å². The maximum atomic E-state index is 12.4. The largest absolute Gasteiger partial charge is 0.508 e. The number of benzene rings is 1. The smallest absolute Gasteiger partial charge is 0.319 e. The lowest BCUT2D eigenvalue weighted by molar-refractivity contribution is -0.162. The van der Waals surface area contributed by atoms with E-state index in [1.165, 1.54) is 0 Å². The molecule has 0 radical (unpaired) electrons. The first-order chi connectivity index (χ1) is 9.58. The molecule has 4 nitrogen and oxygen atoms in total. The van der Waals surface area contributed by atoms with Gasteiger partial charge in [-0.2, -0.15) is 0 Å². The van der Waals surface area contributed by atoms with Crippen molar-refractivity contribution in [3.8, 4) is 5.75 Å². The molecule has 0 spiro atoms. The number of phenolic OH excluding ortho intramolecular Hbond substituents is 1. The Morgan fingerprint density at radius 1 is 1.40 bits per heavy atom. The number of rotatable bonds is 4. The lowest BCUT2D eigenvalue weighted by atomic mass is 9.69. The molecule has 108 valence electrons. The maximum absolute atomic E-state index is 12.4. The summed E-state index contributed by atoms with van der Waals surface area (Å²) in [5.41, 5.74) is -0.282. The fraction of sp³-hybridized carbons (Fsp3) is 0.500. The molecule has 1 fully saturated rings. The number of carbonyl (C=O) groups excluding carboxylic acids is 2. The number of ether oxygens (including phenoxy) is 1. The van der Waals surface area contributed by atoms with Crippen LogP contribution in [0.4, 0.5) is 0 Å². The highest BCUT2D eigenvalue weighted by Gasteiger charge is 2.47. The van der Waals surface area contributed by atoms with Crippen molar-refractivity contribution in [3.05, 3.63) is 29.8 Å². The lowest BCUT2D eigenvalue weighted by Gasteiger charge is -2.33. The van der Waals surface area contributed by atoms with Crippen LogP contribution in [0.3, 0.4) is 0 Å². The second-order valence-corrected chi connectivity index (χ2v) is 5.28. The van der Waals surface area contributed by atoms with Crippen molar-refractivity contribution in [2.75, 3.05) is 6.61 Å². The minimum atomic E-state index is -1.07. The summed E-state index contributed by atoms with van der Waals surface area (Å²) in [7, 11) is 0. The molecule has 0 bridgehead atoms. The van der Waals surface area contributed by atoms with E-state index >= 15 is 0 Å². The second kappa shape index (κ2) is 6.07. The number of Topliss-reactive ketones (excluding diaryl/α,β-unsaturated/α-hetero) is 1. The van der Waals surface area contributed by atoms with E-state index in [2.05, 4.69) is 0 Å². The predicted octanol–water partition coefficient (Wildman–Crippen LogP) is 2.63. The van der Waals surface area contributed by atoms with Gasteiger partial charge >= 0.3 is 5.97 Å². The highest BCUT2D eigenvalue weighted by atomic mass is 16.5. The molecule has 0 saturated heterocycles. The first-order valence-corrected chi connectivity index (χ1v) is 7.07. The Kier molecular flexibility index (Phi) is 4.42. The first-order valence-electron chi connectivity index (χ1n) is 7.07. The van der Waals surface area contributed by atoms with Crippen molar-refractivity contribution >= 4 is 11.8 Å². The molecule has 0 amide bonds. The van der Waals surface area contributed by atoms with Gasteiger partial charge in [-0.1, -0.05) is 18.6 Å². The standard InChI is InChI=1S/C16H20O4/c1-2-20-15(19)16(9-4-3-8-14(16)18)11-12-6-5-7-13(17)10-12/h5-7,10,17H,2-4,8-9,11H2,1H3. The van der Waals surface area contributed by atoms with Crippen LogP contribution in [0.25, 0.3) is 0 Å². The fourth-order valence-corrected chi connectivity index (χ4v) is 2.85. The Hall–Kier alpha value is -1.84. The van der Waals surface area contributed by atoms with Crippen LogP contribution in [0.15, 0.2) is 24.3 Å². The fourth-order valence-electron chi connectivity index (χ4n) is 2.85. The second-order valence-electron chi connectivity index (χ2n) is 5.28. The van der Waals surface area contributed by atoms with E-state index in [9.17, 15) is 14.7 Å². The summed E-state index contributed by atoms with van der Waals surface area (Å²) < 4.78 is 5.14. The van der Waals surface area contributed by atoms with Gasteiger partial charge in [0.2, 0.25) is 0 Å². The molecule has 1 aliphatic rings. The van der Waals surface area contributed by atoms with Gasteiger partial charge in [-0.05, 0) is 43.9 Å². The van der Waals surface area contributed by atoms with Crippen molar-refractivity contribution in [1.29, 1.82) is 0 Å². The van der Waals surface area contributed by atoms with Gasteiger partial charge in [-0.25, -0.2) is 0 Å². The molecule has 1 atom stereocenters. The van der Waals surface area contributed by atoms with E-state index in [4.69, 9.17) is 4.74 Å². The zero-order valence-electron chi connectivity index (χ0n) is 11.7. The van der Waals surface area contributed by atoms with Crippen molar-refractivity contribution in [3.63, 3.8) is 0 Å². The normalized spacial score (nSPS) is 22.6. The van der Waals surface area contributed by atoms with E-state index < -0.39 is 11.4 Å². The minimum absolute atomic E-state index is 0.0365. The van der Waals surface area contributed by atoms with Gasteiger partial charge < -0.3 is 9.84 Å². The molecule has 0 aliphatic heterocycles. The highest BCUT2D eigenvalue weighted by Crippen LogP contribution is 2.38. The number of hydrogen-bond donors (Lipinski definition) is 1. The van der Waals surface area contributed by atoms with E-state index in [0.717, 1.165) is 18.4 Å². The summed E-state index contributed by atoms with van der Waals surface area (Å²) in [4.78, 5) is 24.7. The third kappa shape index (κ3) is 2.84. The average Bonchev–Trinajstić information content (AvgIpc) is 2.42. The van der Waals surface area contributed by atoms with Gasteiger partial charge in [0.15, 0.2) is 5.78 Å². The molecule has 2 rings (SSSR count). The molecule has 1 saturated carbocycles. The van der Waals surface area contributed by atoms with Crippen LogP contribution in [0.1, 0.15) is 38.2 Å². The van der Waals surface area contributed by atoms with Gasteiger partial charge in [-0.15, -0.1) is 0 Å². The molecular weight excluding hydrogens is 256 g/mol. The SMILES string of the molecule is CCOC(=O)C1(Cc2cccc(O)c2)CCCCC1=O. The molecule has 0 aromatic heterocycles. The molecule has 0 heterocycles. The van der Waals surface area contributed by atoms with Gasteiger partial charge in [0, 0.05) is 6.42 Å². The predicted molar refractivity (Wildman–Crippen MR) is 74.4 cm³/mol. The Balaban J connectivity index is 2.31. The Labute approximate surface area is 118 Å².